The number of nitrogens with zero attached hydrogens (tertiary/aromatic N) is 1. The van der Waals surface area contributed by atoms with Crippen LogP contribution in [0.5, 0.6) is 0 Å². The summed E-state index contributed by atoms with van der Waals surface area (Å²) in [4.78, 5) is 16.3. The highest BCUT2D eigenvalue weighted by Gasteiger charge is 2.33. The summed E-state index contributed by atoms with van der Waals surface area (Å²) in [6.45, 7) is 0.719. The number of thiophene rings is 1. The Balaban J connectivity index is 1.80. The molecule has 1 aliphatic rings. The predicted octanol–water partition coefficient (Wildman–Crippen LogP) is 3.47. The van der Waals surface area contributed by atoms with E-state index in [1.807, 2.05) is 42.0 Å². The number of hydrogen-bond acceptors (Lipinski definition) is 5. The second kappa shape index (κ2) is 7.29. The molecule has 1 aromatic carbocycles. The number of sulfone groups is 1. The topological polar surface area (TPSA) is 54.5 Å². The number of hydrogen-bond donors (Lipinski definition) is 0. The van der Waals surface area contributed by atoms with Crippen LogP contribution in [0.15, 0.2) is 46.7 Å². The third-order valence-electron chi connectivity index (χ3n) is 4.20. The molecule has 0 N–H and O–H groups in total. The minimum Gasteiger partial charge on any atom is -0.338 e. The zero-order valence-corrected chi connectivity index (χ0v) is 15.8. The van der Waals surface area contributed by atoms with Gasteiger partial charge in [-0.3, -0.25) is 4.79 Å². The van der Waals surface area contributed by atoms with E-state index in [1.54, 1.807) is 22.7 Å². The van der Waals surface area contributed by atoms with Crippen molar-refractivity contribution in [2.45, 2.75) is 16.6 Å². The van der Waals surface area contributed by atoms with Crippen molar-refractivity contribution in [3.63, 3.8) is 0 Å². The van der Waals surface area contributed by atoms with Crippen molar-refractivity contribution in [1.29, 1.82) is 0 Å². The van der Waals surface area contributed by atoms with E-state index in [0.717, 1.165) is 9.77 Å². The van der Waals surface area contributed by atoms with Crippen LogP contribution in [0.4, 0.5) is 0 Å². The van der Waals surface area contributed by atoms with Gasteiger partial charge >= 0.3 is 0 Å². The van der Waals surface area contributed by atoms with Gasteiger partial charge in [0, 0.05) is 28.4 Å². The van der Waals surface area contributed by atoms with Crippen LogP contribution < -0.4 is 0 Å². The highest BCUT2D eigenvalue weighted by molar-refractivity contribution is 7.98. The van der Waals surface area contributed by atoms with E-state index < -0.39 is 15.1 Å². The zero-order valence-electron chi connectivity index (χ0n) is 13.3. The van der Waals surface area contributed by atoms with Gasteiger partial charge in [-0.2, -0.15) is 0 Å². The molecule has 1 aromatic heterocycles. The average molecular weight is 382 g/mol. The third kappa shape index (κ3) is 3.68. The van der Waals surface area contributed by atoms with Gasteiger partial charge in [0.2, 0.25) is 0 Å². The molecule has 0 radical (unpaired) electrons. The molecule has 1 aliphatic heterocycles. The Morgan fingerprint density at radius 3 is 2.79 bits per heavy atom. The fraction of sp³-hybridized carbons (Fsp3) is 0.353. The van der Waals surface area contributed by atoms with Gasteiger partial charge in [0.1, 0.15) is 0 Å². The zero-order chi connectivity index (χ0) is 17.2. The van der Waals surface area contributed by atoms with Gasteiger partial charge in [0.15, 0.2) is 9.84 Å². The molecule has 1 unspecified atom stereocenters. The maximum atomic E-state index is 12.7. The summed E-state index contributed by atoms with van der Waals surface area (Å²) < 4.78 is 25.1. The molecule has 1 fully saturated rings. The monoisotopic (exact) mass is 381 g/mol. The minimum atomic E-state index is -3.23. The Hall–Kier alpha value is -1.31. The van der Waals surface area contributed by atoms with Crippen molar-refractivity contribution in [2.75, 3.05) is 25.1 Å². The van der Waals surface area contributed by atoms with Crippen molar-refractivity contribution in [2.24, 2.45) is 0 Å². The summed E-state index contributed by atoms with van der Waals surface area (Å²) in [6, 6.07) is 11.2. The summed E-state index contributed by atoms with van der Waals surface area (Å²) in [5.41, 5.74) is 0.619. The molecule has 0 saturated carbocycles. The molecule has 7 heteroatoms. The second-order valence-electron chi connectivity index (χ2n) is 5.68. The van der Waals surface area contributed by atoms with E-state index in [1.165, 1.54) is 11.3 Å². The molecular formula is C17H19NO3S3. The van der Waals surface area contributed by atoms with E-state index >= 15 is 0 Å². The van der Waals surface area contributed by atoms with E-state index in [2.05, 4.69) is 0 Å². The van der Waals surface area contributed by atoms with E-state index in [0.29, 0.717) is 18.5 Å². The van der Waals surface area contributed by atoms with E-state index in [9.17, 15) is 13.2 Å². The lowest BCUT2D eigenvalue weighted by atomic mass is 10.2. The second-order valence-corrected chi connectivity index (χ2v) is 9.85. The number of carbonyl (C=O) groups is 1. The van der Waals surface area contributed by atoms with Gasteiger partial charge in [0.05, 0.1) is 11.0 Å². The minimum absolute atomic E-state index is 0.0174. The summed E-state index contributed by atoms with van der Waals surface area (Å²) in [5.74, 6) is -0.0725. The standard InChI is InChI=1S/C17H19NO3S3/c1-22-14-5-2-4-13(12-14)17(19)18-8-7-16(15-6-3-10-23-15)24(20,21)11-9-18/h2-6,10,12,16H,7-9,11H2,1H3. The smallest absolute Gasteiger partial charge is 0.253 e. The van der Waals surface area contributed by atoms with Crippen LogP contribution in [0, 0.1) is 0 Å². The first-order chi connectivity index (χ1) is 11.5. The number of amides is 1. The van der Waals surface area contributed by atoms with Crippen LogP contribution in [0.3, 0.4) is 0 Å². The third-order valence-corrected chi connectivity index (χ3v) is 8.17. The molecule has 1 atom stereocenters. The van der Waals surface area contributed by atoms with Gasteiger partial charge in [-0.25, -0.2) is 8.42 Å². The molecule has 1 amide bonds. The first-order valence-electron chi connectivity index (χ1n) is 7.69. The number of benzene rings is 1. The SMILES string of the molecule is CSc1cccc(C(=O)N2CCC(c3cccs3)S(=O)(=O)CC2)c1. The lowest BCUT2D eigenvalue weighted by molar-refractivity contribution is 0.0766. The maximum absolute atomic E-state index is 12.7. The van der Waals surface area contributed by atoms with Crippen LogP contribution in [-0.4, -0.2) is 44.3 Å². The normalized spacial score (nSPS) is 20.5. The molecule has 4 nitrogen and oxygen atoms in total. The van der Waals surface area contributed by atoms with Crippen molar-refractivity contribution in [3.05, 3.63) is 52.2 Å². The molecule has 2 aromatic rings. The van der Waals surface area contributed by atoms with Crippen LogP contribution in [0.2, 0.25) is 0 Å². The Labute approximate surface area is 150 Å². The lowest BCUT2D eigenvalue weighted by Crippen LogP contribution is -2.33. The fourth-order valence-electron chi connectivity index (χ4n) is 2.88. The van der Waals surface area contributed by atoms with Crippen LogP contribution >= 0.6 is 23.1 Å². The van der Waals surface area contributed by atoms with Gasteiger partial charge in [-0.1, -0.05) is 12.1 Å². The molecular weight excluding hydrogens is 362 g/mol. The molecule has 0 aliphatic carbocycles. The quantitative estimate of drug-likeness (QED) is 0.764. The van der Waals surface area contributed by atoms with Gasteiger partial charge in [-0.05, 0) is 42.3 Å². The van der Waals surface area contributed by atoms with Crippen molar-refractivity contribution < 1.29 is 13.2 Å². The van der Waals surface area contributed by atoms with Crippen molar-refractivity contribution in [1.82, 2.24) is 4.90 Å². The van der Waals surface area contributed by atoms with Gasteiger partial charge < -0.3 is 4.90 Å². The average Bonchev–Trinajstić information content (AvgIpc) is 3.06. The first kappa shape index (κ1) is 17.5. The summed E-state index contributed by atoms with van der Waals surface area (Å²) in [6.07, 6.45) is 2.42. The Morgan fingerprint density at radius 2 is 2.08 bits per heavy atom. The van der Waals surface area contributed by atoms with Crippen LogP contribution in [-0.2, 0) is 9.84 Å². The number of rotatable bonds is 3. The summed E-state index contributed by atoms with van der Waals surface area (Å²) in [5, 5.41) is 1.40. The molecule has 24 heavy (non-hydrogen) atoms. The maximum Gasteiger partial charge on any atom is 0.253 e. The first-order valence-corrected chi connectivity index (χ1v) is 11.5. The van der Waals surface area contributed by atoms with E-state index in [-0.39, 0.29) is 18.2 Å². The Morgan fingerprint density at radius 1 is 1.25 bits per heavy atom. The van der Waals surface area contributed by atoms with Crippen LogP contribution in [0.1, 0.15) is 26.9 Å². The predicted molar refractivity (Wildman–Crippen MR) is 99.6 cm³/mol. The Bertz CT molecular complexity index is 815. The summed E-state index contributed by atoms with van der Waals surface area (Å²) in [7, 11) is -3.23. The molecule has 0 bridgehead atoms. The molecule has 2 heterocycles. The van der Waals surface area contributed by atoms with Gasteiger partial charge in [-0.15, -0.1) is 23.1 Å². The molecule has 3 rings (SSSR count). The van der Waals surface area contributed by atoms with Gasteiger partial charge in [0.25, 0.3) is 5.91 Å². The highest BCUT2D eigenvalue weighted by atomic mass is 32.2. The largest absolute Gasteiger partial charge is 0.338 e. The highest BCUT2D eigenvalue weighted by Crippen LogP contribution is 2.32. The lowest BCUT2D eigenvalue weighted by Gasteiger charge is -2.20. The molecule has 1 saturated heterocycles. The van der Waals surface area contributed by atoms with E-state index in [4.69, 9.17) is 0 Å². The summed E-state index contributed by atoms with van der Waals surface area (Å²) >= 11 is 3.05. The van der Waals surface area contributed by atoms with Crippen LogP contribution in [0.25, 0.3) is 0 Å². The van der Waals surface area contributed by atoms with Crippen molar-refractivity contribution >= 4 is 38.8 Å². The number of carbonyl (C=O) groups excluding carboxylic acids is 1. The molecule has 0 spiro atoms. The Kier molecular flexibility index (Phi) is 5.32. The molecule has 128 valence electrons. The fourth-order valence-corrected chi connectivity index (χ4v) is 6.34. The number of thioether (sulfide) groups is 1. The van der Waals surface area contributed by atoms with Crippen molar-refractivity contribution in [3.8, 4) is 0 Å².